The molecule has 0 aromatic heterocycles. The number of likely N-dealkylation sites (N-methyl/N-ethyl adjacent to an activating group) is 1. The molecule has 0 saturated carbocycles. The topological polar surface area (TPSA) is 35.5 Å². The third-order valence-corrected chi connectivity index (χ3v) is 1.34. The van der Waals surface area contributed by atoms with Gasteiger partial charge in [0, 0.05) is 19.1 Å². The van der Waals surface area contributed by atoms with Gasteiger partial charge in [0.2, 0.25) is 0 Å². The number of rotatable bonds is 5. The highest BCUT2D eigenvalue weighted by atomic mass is 16.3. The van der Waals surface area contributed by atoms with Gasteiger partial charge in [0.1, 0.15) is 0 Å². The van der Waals surface area contributed by atoms with Crippen LogP contribution in [0.4, 0.5) is 0 Å². The fourth-order valence-corrected chi connectivity index (χ4v) is 0.858. The van der Waals surface area contributed by atoms with Gasteiger partial charge in [-0.15, -0.1) is 0 Å². The predicted molar refractivity (Wildman–Crippen MR) is 47.7 cm³/mol. The zero-order chi connectivity index (χ0) is 8.85. The lowest BCUT2D eigenvalue weighted by Crippen LogP contribution is -2.37. The van der Waals surface area contributed by atoms with E-state index >= 15 is 0 Å². The summed E-state index contributed by atoms with van der Waals surface area (Å²) in [4.78, 5) is 1.98. The lowest BCUT2D eigenvalue weighted by Gasteiger charge is -2.17. The second-order valence-electron chi connectivity index (χ2n) is 3.48. The smallest absolute Gasteiger partial charge is 0.0791 e. The molecular weight excluding hydrogens is 140 g/mol. The van der Waals surface area contributed by atoms with E-state index in [1.54, 1.807) is 0 Å². The molecule has 68 valence electrons. The maximum Gasteiger partial charge on any atom is 0.0791 e. The van der Waals surface area contributed by atoms with Crippen LogP contribution in [0, 0.1) is 0 Å². The fraction of sp³-hybridized carbons (Fsp3) is 1.00. The molecule has 11 heavy (non-hydrogen) atoms. The number of nitrogens with zero attached hydrogens (tertiary/aromatic N) is 1. The van der Waals surface area contributed by atoms with E-state index in [0.29, 0.717) is 12.6 Å². The Morgan fingerprint density at radius 3 is 2.27 bits per heavy atom. The summed E-state index contributed by atoms with van der Waals surface area (Å²) in [5.74, 6) is 0. The molecule has 0 radical (unpaired) electrons. The number of hydrogen-bond donors (Lipinski definition) is 2. The molecular formula is C8H20N2O. The van der Waals surface area contributed by atoms with Gasteiger partial charge in [0.25, 0.3) is 0 Å². The van der Waals surface area contributed by atoms with Crippen LogP contribution < -0.4 is 5.32 Å². The average molecular weight is 160 g/mol. The van der Waals surface area contributed by atoms with Gasteiger partial charge in [-0.25, -0.2) is 0 Å². The summed E-state index contributed by atoms with van der Waals surface area (Å²) in [7, 11) is 3.91. The first-order valence-electron chi connectivity index (χ1n) is 4.08. The first-order chi connectivity index (χ1) is 5.02. The molecule has 2 N–H and O–H groups in total. The van der Waals surface area contributed by atoms with E-state index in [2.05, 4.69) is 19.2 Å². The molecule has 3 heteroatoms. The van der Waals surface area contributed by atoms with E-state index in [0.717, 1.165) is 6.54 Å². The van der Waals surface area contributed by atoms with E-state index in [9.17, 15) is 5.11 Å². The van der Waals surface area contributed by atoms with E-state index < -0.39 is 0 Å². The Morgan fingerprint density at radius 1 is 1.36 bits per heavy atom. The number of aliphatic hydroxyl groups excluding tert-OH is 1. The Balaban J connectivity index is 3.29. The van der Waals surface area contributed by atoms with Crippen LogP contribution in [-0.2, 0) is 0 Å². The number of hydrogen-bond acceptors (Lipinski definition) is 3. The zero-order valence-electron chi connectivity index (χ0n) is 7.96. The van der Waals surface area contributed by atoms with Crippen LogP contribution in [-0.4, -0.2) is 49.3 Å². The lowest BCUT2D eigenvalue weighted by molar-refractivity contribution is 0.132. The van der Waals surface area contributed by atoms with Crippen molar-refractivity contribution in [2.75, 3.05) is 27.2 Å². The molecule has 0 heterocycles. The minimum absolute atomic E-state index is 0.257. The predicted octanol–water partition coefficient (Wildman–Crippen LogP) is -0.0931. The third-order valence-electron chi connectivity index (χ3n) is 1.34. The van der Waals surface area contributed by atoms with Crippen molar-refractivity contribution in [3.8, 4) is 0 Å². The molecule has 0 saturated heterocycles. The number of nitrogens with one attached hydrogen (secondary N) is 1. The SMILES string of the molecule is CC(C)NCC(O)CN(C)C. The van der Waals surface area contributed by atoms with Crippen molar-refractivity contribution in [2.24, 2.45) is 0 Å². The van der Waals surface area contributed by atoms with Gasteiger partial charge in [0.15, 0.2) is 0 Å². The Kier molecular flexibility index (Phi) is 5.46. The summed E-state index contributed by atoms with van der Waals surface area (Å²) in [5.41, 5.74) is 0. The van der Waals surface area contributed by atoms with Crippen molar-refractivity contribution >= 4 is 0 Å². The van der Waals surface area contributed by atoms with Crippen LogP contribution in [0.2, 0.25) is 0 Å². The molecule has 0 aliphatic heterocycles. The highest BCUT2D eigenvalue weighted by Crippen LogP contribution is 1.85. The van der Waals surface area contributed by atoms with Gasteiger partial charge in [-0.1, -0.05) is 13.8 Å². The van der Waals surface area contributed by atoms with Crippen LogP contribution >= 0.6 is 0 Å². The molecule has 0 bridgehead atoms. The van der Waals surface area contributed by atoms with Gasteiger partial charge >= 0.3 is 0 Å². The van der Waals surface area contributed by atoms with E-state index in [4.69, 9.17) is 0 Å². The van der Waals surface area contributed by atoms with Gasteiger partial charge < -0.3 is 15.3 Å². The molecule has 0 aliphatic carbocycles. The van der Waals surface area contributed by atoms with E-state index in [1.165, 1.54) is 0 Å². The second-order valence-corrected chi connectivity index (χ2v) is 3.48. The largest absolute Gasteiger partial charge is 0.390 e. The van der Waals surface area contributed by atoms with Gasteiger partial charge in [-0.05, 0) is 14.1 Å². The molecule has 0 aromatic carbocycles. The summed E-state index contributed by atoms with van der Waals surface area (Å²) in [5, 5.41) is 12.5. The standard InChI is InChI=1S/C8H20N2O/c1-7(2)9-5-8(11)6-10(3)4/h7-9,11H,5-6H2,1-4H3. The average Bonchev–Trinajstić information content (AvgIpc) is 1.82. The molecule has 3 nitrogen and oxygen atoms in total. The van der Waals surface area contributed by atoms with Crippen molar-refractivity contribution in [3.63, 3.8) is 0 Å². The lowest BCUT2D eigenvalue weighted by atomic mass is 10.3. The highest BCUT2D eigenvalue weighted by Gasteiger charge is 2.04. The van der Waals surface area contributed by atoms with E-state index in [-0.39, 0.29) is 6.10 Å². The molecule has 0 spiro atoms. The molecule has 1 atom stereocenters. The van der Waals surface area contributed by atoms with Crippen LogP contribution in [0.5, 0.6) is 0 Å². The minimum atomic E-state index is -0.257. The molecule has 1 unspecified atom stereocenters. The van der Waals surface area contributed by atoms with Gasteiger partial charge in [0.05, 0.1) is 6.10 Å². The maximum atomic E-state index is 9.36. The molecule has 0 aliphatic rings. The van der Waals surface area contributed by atoms with Crippen LogP contribution in [0.3, 0.4) is 0 Å². The van der Waals surface area contributed by atoms with E-state index in [1.807, 2.05) is 19.0 Å². The molecule has 0 aromatic rings. The monoisotopic (exact) mass is 160 g/mol. The maximum absolute atomic E-state index is 9.36. The van der Waals surface area contributed by atoms with Gasteiger partial charge in [-0.2, -0.15) is 0 Å². The normalized spacial score (nSPS) is 14.5. The van der Waals surface area contributed by atoms with Gasteiger partial charge in [-0.3, -0.25) is 0 Å². The molecule has 0 fully saturated rings. The second kappa shape index (κ2) is 5.52. The highest BCUT2D eigenvalue weighted by molar-refractivity contribution is 4.63. The summed E-state index contributed by atoms with van der Waals surface area (Å²) < 4.78 is 0. The quantitative estimate of drug-likeness (QED) is 0.590. The third kappa shape index (κ3) is 7.78. The zero-order valence-corrected chi connectivity index (χ0v) is 7.96. The Labute approximate surface area is 69.4 Å². The first kappa shape index (κ1) is 10.9. The Bertz CT molecular complexity index is 94.1. The van der Waals surface area contributed by atoms with Crippen molar-refractivity contribution < 1.29 is 5.11 Å². The summed E-state index contributed by atoms with van der Waals surface area (Å²) in [6, 6.07) is 0.451. The summed E-state index contributed by atoms with van der Waals surface area (Å²) in [6.07, 6.45) is -0.257. The summed E-state index contributed by atoms with van der Waals surface area (Å²) in [6.45, 7) is 5.54. The van der Waals surface area contributed by atoms with Crippen molar-refractivity contribution in [3.05, 3.63) is 0 Å². The summed E-state index contributed by atoms with van der Waals surface area (Å²) >= 11 is 0. The Hall–Kier alpha value is -0.120. The number of aliphatic hydroxyl groups is 1. The van der Waals surface area contributed by atoms with Crippen LogP contribution in [0.1, 0.15) is 13.8 Å². The van der Waals surface area contributed by atoms with Crippen LogP contribution in [0.15, 0.2) is 0 Å². The van der Waals surface area contributed by atoms with Crippen LogP contribution in [0.25, 0.3) is 0 Å². The van der Waals surface area contributed by atoms with Crippen molar-refractivity contribution in [1.29, 1.82) is 0 Å². The van der Waals surface area contributed by atoms with Crippen molar-refractivity contribution in [1.82, 2.24) is 10.2 Å². The minimum Gasteiger partial charge on any atom is -0.390 e. The molecule has 0 amide bonds. The Morgan fingerprint density at radius 2 is 1.91 bits per heavy atom. The van der Waals surface area contributed by atoms with Crippen molar-refractivity contribution in [2.45, 2.75) is 26.0 Å². The fourth-order valence-electron chi connectivity index (χ4n) is 0.858. The first-order valence-corrected chi connectivity index (χ1v) is 4.08. The molecule has 0 rings (SSSR count).